The molecule has 88 valence electrons. The maximum atomic E-state index is 10.2. The van der Waals surface area contributed by atoms with Gasteiger partial charge in [-0.2, -0.15) is 0 Å². The predicted molar refractivity (Wildman–Crippen MR) is 55.1 cm³/mol. The van der Waals surface area contributed by atoms with Crippen molar-refractivity contribution in [2.24, 2.45) is 0 Å². The fourth-order valence-corrected chi connectivity index (χ4v) is 1.08. The average molecular weight is 217 g/mol. The number of ether oxygens (including phenoxy) is 2. The van der Waals surface area contributed by atoms with Crippen LogP contribution in [0, 0.1) is 0 Å². The first kappa shape index (κ1) is 13.9. The highest BCUT2D eigenvalue weighted by Gasteiger charge is 2.17. The summed E-state index contributed by atoms with van der Waals surface area (Å²) in [6.07, 6.45) is 2.24. The summed E-state index contributed by atoms with van der Waals surface area (Å²) in [5, 5.41) is 3.20. The van der Waals surface area contributed by atoms with E-state index in [2.05, 4.69) is 28.6 Å². The maximum Gasteiger partial charge on any atom is 0.320 e. The van der Waals surface area contributed by atoms with Crippen LogP contribution in [-0.2, 0) is 19.1 Å². The Balaban J connectivity index is 0.000000265. The minimum atomic E-state index is -0.513. The average Bonchev–Trinajstić information content (AvgIpc) is 2.21. The van der Waals surface area contributed by atoms with Crippen molar-refractivity contribution in [3.8, 4) is 0 Å². The lowest BCUT2D eigenvalue weighted by molar-refractivity contribution is -0.181. The SMILES string of the molecule is CCC(CC)NC.O=C1CC(=O)OCO1. The summed E-state index contributed by atoms with van der Waals surface area (Å²) in [5.41, 5.74) is 0. The number of nitrogens with one attached hydrogen (secondary N) is 1. The number of hydrogen-bond acceptors (Lipinski definition) is 5. The van der Waals surface area contributed by atoms with Gasteiger partial charge in [0.2, 0.25) is 6.79 Å². The van der Waals surface area contributed by atoms with Crippen LogP contribution >= 0.6 is 0 Å². The van der Waals surface area contributed by atoms with E-state index in [-0.39, 0.29) is 13.2 Å². The van der Waals surface area contributed by atoms with Gasteiger partial charge in [0.15, 0.2) is 0 Å². The molecule has 0 aromatic heterocycles. The first-order valence-electron chi connectivity index (χ1n) is 5.12. The zero-order valence-corrected chi connectivity index (χ0v) is 9.54. The van der Waals surface area contributed by atoms with Crippen LogP contribution in [0.1, 0.15) is 33.1 Å². The molecule has 0 spiro atoms. The molecule has 0 aliphatic carbocycles. The zero-order valence-electron chi connectivity index (χ0n) is 9.54. The quantitative estimate of drug-likeness (QED) is 0.560. The molecule has 1 heterocycles. The van der Waals surface area contributed by atoms with E-state index in [4.69, 9.17) is 0 Å². The lowest BCUT2D eigenvalue weighted by Gasteiger charge is -2.09. The van der Waals surface area contributed by atoms with E-state index >= 15 is 0 Å². The second kappa shape index (κ2) is 8.23. The summed E-state index contributed by atoms with van der Waals surface area (Å²) >= 11 is 0. The van der Waals surface area contributed by atoms with Crippen molar-refractivity contribution >= 4 is 11.9 Å². The first-order chi connectivity index (χ1) is 7.13. The summed E-state index contributed by atoms with van der Waals surface area (Å²) in [7, 11) is 2.01. The van der Waals surface area contributed by atoms with Crippen LogP contribution in [0.5, 0.6) is 0 Å². The van der Waals surface area contributed by atoms with Crippen LogP contribution in [-0.4, -0.2) is 31.8 Å². The van der Waals surface area contributed by atoms with Gasteiger partial charge in [-0.05, 0) is 19.9 Å². The van der Waals surface area contributed by atoms with Crippen LogP contribution in [0.15, 0.2) is 0 Å². The molecule has 1 rings (SSSR count). The molecule has 0 saturated carbocycles. The molecule has 5 heteroatoms. The lowest BCUT2D eigenvalue weighted by atomic mass is 10.2. The fourth-order valence-electron chi connectivity index (χ4n) is 1.08. The van der Waals surface area contributed by atoms with E-state index in [9.17, 15) is 9.59 Å². The third-order valence-corrected chi connectivity index (χ3v) is 2.12. The Hall–Kier alpha value is -1.10. The van der Waals surface area contributed by atoms with Crippen LogP contribution in [0.3, 0.4) is 0 Å². The lowest BCUT2D eigenvalue weighted by Crippen LogP contribution is -2.22. The van der Waals surface area contributed by atoms with E-state index in [1.165, 1.54) is 12.8 Å². The fraction of sp³-hybridized carbons (Fsp3) is 0.800. The van der Waals surface area contributed by atoms with Crippen molar-refractivity contribution in [2.75, 3.05) is 13.8 Å². The third-order valence-electron chi connectivity index (χ3n) is 2.12. The second-order valence-corrected chi connectivity index (χ2v) is 3.13. The van der Waals surface area contributed by atoms with Gasteiger partial charge >= 0.3 is 11.9 Å². The van der Waals surface area contributed by atoms with E-state index < -0.39 is 11.9 Å². The molecule has 1 saturated heterocycles. The van der Waals surface area contributed by atoms with Gasteiger partial charge in [0, 0.05) is 6.04 Å². The zero-order chi connectivity index (χ0) is 11.7. The number of cyclic esters (lactones) is 2. The molecule has 0 atom stereocenters. The standard InChI is InChI=1S/C6H15N.C4H4O4/c1-4-6(5-2)7-3;5-3-1-4(6)8-2-7-3/h6-7H,4-5H2,1-3H3;1-2H2. The van der Waals surface area contributed by atoms with Gasteiger partial charge in [0.25, 0.3) is 0 Å². The third kappa shape index (κ3) is 6.90. The Morgan fingerprint density at radius 3 is 1.80 bits per heavy atom. The topological polar surface area (TPSA) is 64.6 Å². The Morgan fingerprint density at radius 2 is 1.67 bits per heavy atom. The molecular weight excluding hydrogens is 198 g/mol. The van der Waals surface area contributed by atoms with Crippen molar-refractivity contribution in [1.29, 1.82) is 0 Å². The Labute approximate surface area is 90.1 Å². The monoisotopic (exact) mass is 217 g/mol. The van der Waals surface area contributed by atoms with Gasteiger partial charge in [-0.1, -0.05) is 13.8 Å². The first-order valence-corrected chi connectivity index (χ1v) is 5.12. The van der Waals surface area contributed by atoms with Crippen LogP contribution < -0.4 is 5.32 Å². The molecule has 0 unspecified atom stereocenters. The van der Waals surface area contributed by atoms with Crippen molar-refractivity contribution in [1.82, 2.24) is 5.32 Å². The molecule has 1 fully saturated rings. The van der Waals surface area contributed by atoms with E-state index in [0.29, 0.717) is 0 Å². The van der Waals surface area contributed by atoms with Gasteiger partial charge in [0.05, 0.1) is 0 Å². The molecule has 0 amide bonds. The molecule has 0 bridgehead atoms. The van der Waals surface area contributed by atoms with Crippen molar-refractivity contribution < 1.29 is 19.1 Å². The van der Waals surface area contributed by atoms with E-state index in [1.54, 1.807) is 0 Å². The summed E-state index contributed by atoms with van der Waals surface area (Å²) in [5.74, 6) is -1.03. The minimum absolute atomic E-state index is 0.225. The van der Waals surface area contributed by atoms with Gasteiger partial charge in [0.1, 0.15) is 6.42 Å². The number of carbonyl (C=O) groups is 2. The molecule has 1 aliphatic rings. The van der Waals surface area contributed by atoms with Crippen LogP contribution in [0.25, 0.3) is 0 Å². The number of rotatable bonds is 3. The summed E-state index contributed by atoms with van der Waals surface area (Å²) in [4.78, 5) is 20.3. The van der Waals surface area contributed by atoms with Crippen LogP contribution in [0.2, 0.25) is 0 Å². The Morgan fingerprint density at radius 1 is 1.20 bits per heavy atom. The van der Waals surface area contributed by atoms with Crippen molar-refractivity contribution in [3.63, 3.8) is 0 Å². The number of hydrogen-bond donors (Lipinski definition) is 1. The van der Waals surface area contributed by atoms with Crippen molar-refractivity contribution in [2.45, 2.75) is 39.2 Å². The smallest absolute Gasteiger partial charge is 0.320 e. The van der Waals surface area contributed by atoms with Gasteiger partial charge in [-0.25, -0.2) is 0 Å². The molecule has 0 aromatic rings. The summed E-state index contributed by atoms with van der Waals surface area (Å²) < 4.78 is 8.53. The molecule has 1 N–H and O–H groups in total. The van der Waals surface area contributed by atoms with Gasteiger partial charge < -0.3 is 14.8 Å². The highest BCUT2D eigenvalue weighted by Crippen LogP contribution is 1.97. The highest BCUT2D eigenvalue weighted by atomic mass is 16.7. The molecule has 15 heavy (non-hydrogen) atoms. The second-order valence-electron chi connectivity index (χ2n) is 3.13. The number of esters is 2. The number of carbonyl (C=O) groups excluding carboxylic acids is 2. The molecule has 1 aliphatic heterocycles. The Kier molecular flexibility index (Phi) is 7.62. The van der Waals surface area contributed by atoms with Gasteiger partial charge in [-0.15, -0.1) is 0 Å². The summed E-state index contributed by atoms with van der Waals surface area (Å²) in [6, 6.07) is 0.736. The Bertz CT molecular complexity index is 182. The van der Waals surface area contributed by atoms with E-state index in [0.717, 1.165) is 6.04 Å². The largest absolute Gasteiger partial charge is 0.427 e. The molecule has 0 radical (unpaired) electrons. The van der Waals surface area contributed by atoms with Crippen LogP contribution in [0.4, 0.5) is 0 Å². The minimum Gasteiger partial charge on any atom is -0.427 e. The molecule has 0 aromatic carbocycles. The van der Waals surface area contributed by atoms with Gasteiger partial charge in [-0.3, -0.25) is 9.59 Å². The predicted octanol–water partition coefficient (Wildman–Crippen LogP) is 0.828. The normalized spacial score (nSPS) is 15.2. The van der Waals surface area contributed by atoms with E-state index in [1.807, 2.05) is 7.05 Å². The summed E-state index contributed by atoms with van der Waals surface area (Å²) in [6.45, 7) is 4.17. The maximum absolute atomic E-state index is 10.2. The molecular formula is C10H19NO4. The van der Waals surface area contributed by atoms with Crippen molar-refractivity contribution in [3.05, 3.63) is 0 Å². The molecule has 5 nitrogen and oxygen atoms in total. The highest BCUT2D eigenvalue weighted by molar-refractivity contribution is 5.92.